The van der Waals surface area contributed by atoms with Crippen molar-refractivity contribution >= 4 is 5.69 Å². The molecule has 1 unspecified atom stereocenters. The van der Waals surface area contributed by atoms with E-state index in [-0.39, 0.29) is 18.7 Å². The topological polar surface area (TPSA) is 32.7 Å². The van der Waals surface area contributed by atoms with Gasteiger partial charge in [0.05, 0.1) is 6.54 Å². The third-order valence-corrected chi connectivity index (χ3v) is 4.93. The minimum absolute atomic E-state index is 0.184. The summed E-state index contributed by atoms with van der Waals surface area (Å²) in [6, 6.07) is 12.4. The van der Waals surface area contributed by atoms with E-state index in [1.165, 1.54) is 23.1 Å². The van der Waals surface area contributed by atoms with Crippen molar-refractivity contribution in [2.24, 2.45) is 0 Å². The molecule has 0 amide bonds. The molecular weight excluding hydrogens is 400 g/mol. The quantitative estimate of drug-likeness (QED) is 0.705. The van der Waals surface area contributed by atoms with Gasteiger partial charge in [0.2, 0.25) is 0 Å². The molecule has 0 saturated heterocycles. The number of benzene rings is 2. The smallest absolute Gasteiger partial charge is 0.406 e. The van der Waals surface area contributed by atoms with E-state index < -0.39 is 30.6 Å². The van der Waals surface area contributed by atoms with Gasteiger partial charge in [-0.25, -0.2) is 0 Å². The van der Waals surface area contributed by atoms with Gasteiger partial charge in [-0.2, -0.15) is 13.2 Å². The van der Waals surface area contributed by atoms with Gasteiger partial charge in [-0.1, -0.05) is 37.3 Å². The van der Waals surface area contributed by atoms with Gasteiger partial charge in [-0.05, 0) is 35.7 Å². The van der Waals surface area contributed by atoms with Crippen molar-refractivity contribution < 1.29 is 36.2 Å². The highest BCUT2D eigenvalue weighted by Gasteiger charge is 2.44. The molecule has 0 bridgehead atoms. The summed E-state index contributed by atoms with van der Waals surface area (Å²) in [5.41, 5.74) is 1.25. The Morgan fingerprint density at radius 2 is 1.76 bits per heavy atom. The Labute approximate surface area is 163 Å². The predicted octanol–water partition coefficient (Wildman–Crippen LogP) is 4.83. The summed E-state index contributed by atoms with van der Waals surface area (Å²) in [6.07, 6.45) is -11.8. The van der Waals surface area contributed by atoms with Crippen molar-refractivity contribution in [3.05, 3.63) is 59.7 Å². The van der Waals surface area contributed by atoms with Crippen LogP contribution in [0.2, 0.25) is 0 Å². The van der Waals surface area contributed by atoms with E-state index in [0.29, 0.717) is 11.3 Å². The largest absolute Gasteiger partial charge is 0.573 e. The van der Waals surface area contributed by atoms with Crippen LogP contribution in [0.5, 0.6) is 5.75 Å². The molecule has 0 radical (unpaired) electrons. The molecule has 9 heteroatoms. The first-order chi connectivity index (χ1) is 13.4. The molecule has 29 heavy (non-hydrogen) atoms. The maximum absolute atomic E-state index is 12.8. The number of fused-ring (bicyclic) bond motifs is 1. The molecular formula is C20H19F6NO2. The van der Waals surface area contributed by atoms with Crippen molar-refractivity contribution in [2.75, 3.05) is 18.0 Å². The van der Waals surface area contributed by atoms with E-state index in [1.807, 2.05) is 6.92 Å². The normalized spacial score (nSPS) is 20.5. The molecule has 0 aromatic heterocycles. The van der Waals surface area contributed by atoms with E-state index in [0.717, 1.165) is 5.56 Å². The second-order valence-corrected chi connectivity index (χ2v) is 7.39. The van der Waals surface area contributed by atoms with Crippen LogP contribution in [-0.2, 0) is 11.8 Å². The van der Waals surface area contributed by atoms with Crippen LogP contribution in [-0.4, -0.2) is 36.8 Å². The van der Waals surface area contributed by atoms with Crippen LogP contribution in [0.25, 0.3) is 0 Å². The third-order valence-electron chi connectivity index (χ3n) is 4.93. The van der Waals surface area contributed by atoms with Crippen molar-refractivity contribution in [2.45, 2.75) is 37.4 Å². The molecule has 2 aromatic carbocycles. The van der Waals surface area contributed by atoms with Crippen molar-refractivity contribution in [3.63, 3.8) is 0 Å². The van der Waals surface area contributed by atoms with Crippen LogP contribution in [0.3, 0.4) is 0 Å². The highest BCUT2D eigenvalue weighted by molar-refractivity contribution is 5.63. The molecule has 1 heterocycles. The van der Waals surface area contributed by atoms with E-state index >= 15 is 0 Å². The number of halogens is 6. The highest BCUT2D eigenvalue weighted by Crippen LogP contribution is 2.43. The van der Waals surface area contributed by atoms with Gasteiger partial charge in [0.15, 0.2) is 6.10 Å². The SMILES string of the molecule is CC1(Cc2cccc(OC(F)(F)F)c2)CN(C[C@@H](O)C(F)(F)F)c2ccccc21. The molecule has 0 spiro atoms. The standard InChI is InChI=1S/C20H19F6NO2/c1-18(10-13-5-4-6-14(9-13)29-20(24,25)26)12-27(11-17(28)19(21,22)23)16-8-3-2-7-15(16)18/h2-9,17,28H,10-12H2,1H3/t17-,18?/m1/s1. The lowest BCUT2D eigenvalue weighted by atomic mass is 9.79. The minimum Gasteiger partial charge on any atom is -0.406 e. The molecule has 1 N–H and O–H groups in total. The minimum atomic E-state index is -4.81. The zero-order chi connectivity index (χ0) is 21.4. The Balaban J connectivity index is 1.85. The number of anilines is 1. The summed E-state index contributed by atoms with van der Waals surface area (Å²) in [5.74, 6) is -0.353. The third kappa shape index (κ3) is 4.95. The summed E-state index contributed by atoms with van der Waals surface area (Å²) in [6.45, 7) is 1.40. The van der Waals surface area contributed by atoms with E-state index in [4.69, 9.17) is 0 Å². The number of ether oxygens (including phenoxy) is 1. The Morgan fingerprint density at radius 3 is 2.41 bits per heavy atom. The number of rotatable bonds is 5. The summed E-state index contributed by atoms with van der Waals surface area (Å²) >= 11 is 0. The number of nitrogens with zero attached hydrogens (tertiary/aromatic N) is 1. The molecule has 0 aliphatic carbocycles. The summed E-state index contributed by atoms with van der Waals surface area (Å²) in [5, 5.41) is 9.49. The number of alkyl halides is 6. The lowest BCUT2D eigenvalue weighted by Gasteiger charge is -2.28. The summed E-state index contributed by atoms with van der Waals surface area (Å²) in [7, 11) is 0. The van der Waals surface area contributed by atoms with Gasteiger partial charge < -0.3 is 14.7 Å². The first-order valence-electron chi connectivity index (χ1n) is 8.81. The molecule has 1 aliphatic heterocycles. The number of aliphatic hydroxyl groups is 1. The molecule has 2 aromatic rings. The van der Waals surface area contributed by atoms with Gasteiger partial charge >= 0.3 is 12.5 Å². The number of aliphatic hydroxyl groups excluding tert-OH is 1. The highest BCUT2D eigenvalue weighted by atomic mass is 19.4. The van der Waals surface area contributed by atoms with Crippen LogP contribution in [0.15, 0.2) is 48.5 Å². The Kier molecular flexibility index (Phi) is 5.46. The summed E-state index contributed by atoms with van der Waals surface area (Å²) in [4.78, 5) is 1.46. The fourth-order valence-electron chi connectivity index (χ4n) is 3.78. The Hall–Kier alpha value is -2.42. The number of hydrogen-bond acceptors (Lipinski definition) is 3. The second-order valence-electron chi connectivity index (χ2n) is 7.39. The van der Waals surface area contributed by atoms with Crippen LogP contribution in [0.1, 0.15) is 18.1 Å². The maximum atomic E-state index is 12.8. The zero-order valence-electron chi connectivity index (χ0n) is 15.4. The van der Waals surface area contributed by atoms with Gasteiger partial charge in [-0.15, -0.1) is 13.2 Å². The van der Waals surface area contributed by atoms with E-state index in [1.54, 1.807) is 30.3 Å². The van der Waals surface area contributed by atoms with Crippen LogP contribution < -0.4 is 9.64 Å². The molecule has 0 fully saturated rings. The monoisotopic (exact) mass is 419 g/mol. The van der Waals surface area contributed by atoms with Crippen LogP contribution in [0, 0.1) is 0 Å². The van der Waals surface area contributed by atoms with Gasteiger partial charge in [0.1, 0.15) is 5.75 Å². The lowest BCUT2D eigenvalue weighted by Crippen LogP contribution is -2.42. The fraction of sp³-hybridized carbons (Fsp3) is 0.400. The number of β-amino-alcohol motifs (C(OH)–C–C–N with tert-alkyl or cyclic N) is 1. The van der Waals surface area contributed by atoms with Gasteiger partial charge in [0.25, 0.3) is 0 Å². The molecule has 2 atom stereocenters. The average molecular weight is 419 g/mol. The molecule has 1 aliphatic rings. The lowest BCUT2D eigenvalue weighted by molar-refractivity contribution is -0.274. The van der Waals surface area contributed by atoms with Crippen molar-refractivity contribution in [3.8, 4) is 5.75 Å². The average Bonchev–Trinajstić information content (AvgIpc) is 2.85. The number of hydrogen-bond donors (Lipinski definition) is 1. The molecule has 0 saturated carbocycles. The zero-order valence-corrected chi connectivity index (χ0v) is 15.4. The van der Waals surface area contributed by atoms with Gasteiger partial charge in [-0.3, -0.25) is 0 Å². The predicted molar refractivity (Wildman–Crippen MR) is 94.9 cm³/mol. The Morgan fingerprint density at radius 1 is 1.07 bits per heavy atom. The Bertz CT molecular complexity index is 867. The van der Waals surface area contributed by atoms with Crippen LogP contribution >= 0.6 is 0 Å². The maximum Gasteiger partial charge on any atom is 0.573 e. The fourth-order valence-corrected chi connectivity index (χ4v) is 3.78. The van der Waals surface area contributed by atoms with E-state index in [2.05, 4.69) is 4.74 Å². The second kappa shape index (κ2) is 7.44. The van der Waals surface area contributed by atoms with Crippen LogP contribution in [0.4, 0.5) is 32.0 Å². The van der Waals surface area contributed by atoms with Crippen molar-refractivity contribution in [1.29, 1.82) is 0 Å². The summed E-state index contributed by atoms with van der Waals surface area (Å²) < 4.78 is 79.8. The number of para-hydroxylation sites is 1. The van der Waals surface area contributed by atoms with Crippen molar-refractivity contribution in [1.82, 2.24) is 0 Å². The molecule has 3 rings (SSSR count). The first kappa shape index (κ1) is 21.3. The molecule has 3 nitrogen and oxygen atoms in total. The first-order valence-corrected chi connectivity index (χ1v) is 8.81. The van der Waals surface area contributed by atoms with E-state index in [9.17, 15) is 31.4 Å². The van der Waals surface area contributed by atoms with Gasteiger partial charge in [0, 0.05) is 17.6 Å². The molecule has 158 valence electrons.